The molecule has 1 heterocycles. The standard InChI is InChI=1S/C32H42N4O8/c1-32(2,3)44-30(41)25-16-11-17-36(25)29(40)27(38)23(18-21-12-7-5-8-13-21)34-28(39)24(19-26(37)33-4)35-31(42)43-20-22-14-9-6-10-15-22/h5-10,12-15,23-25,27,38H,11,16-20H2,1-4H3,(H,33,37)(H,34,39)(H,35,42)/t23-,24-,25-,27-/m0/s1. The van der Waals surface area contributed by atoms with Gasteiger partial charge in [0.05, 0.1) is 12.5 Å². The first-order chi connectivity index (χ1) is 20.9. The third-order valence-electron chi connectivity index (χ3n) is 6.96. The fourth-order valence-electron chi connectivity index (χ4n) is 4.78. The number of nitrogens with one attached hydrogen (secondary N) is 3. The number of esters is 1. The van der Waals surface area contributed by atoms with Crippen molar-refractivity contribution < 1.29 is 38.6 Å². The van der Waals surface area contributed by atoms with Crippen molar-refractivity contribution >= 4 is 29.8 Å². The zero-order chi connectivity index (χ0) is 32.3. The third-order valence-corrected chi connectivity index (χ3v) is 6.96. The van der Waals surface area contributed by atoms with Crippen molar-refractivity contribution in [1.29, 1.82) is 0 Å². The maximum absolute atomic E-state index is 13.6. The molecular weight excluding hydrogens is 568 g/mol. The predicted molar refractivity (Wildman–Crippen MR) is 161 cm³/mol. The second kappa shape index (κ2) is 15.9. The molecule has 0 aliphatic carbocycles. The molecule has 44 heavy (non-hydrogen) atoms. The summed E-state index contributed by atoms with van der Waals surface area (Å²) in [5, 5.41) is 18.8. The molecule has 1 aliphatic rings. The number of amides is 4. The van der Waals surface area contributed by atoms with E-state index in [-0.39, 0.29) is 19.6 Å². The molecule has 0 saturated carbocycles. The lowest BCUT2D eigenvalue weighted by atomic mass is 9.99. The number of carbonyl (C=O) groups is 5. The first-order valence-corrected chi connectivity index (χ1v) is 14.6. The maximum atomic E-state index is 13.6. The van der Waals surface area contributed by atoms with Gasteiger partial charge in [-0.2, -0.15) is 0 Å². The van der Waals surface area contributed by atoms with Gasteiger partial charge < -0.3 is 35.4 Å². The number of ether oxygens (including phenoxy) is 2. The van der Waals surface area contributed by atoms with Gasteiger partial charge in [-0.05, 0) is 51.2 Å². The Balaban J connectivity index is 1.78. The summed E-state index contributed by atoms with van der Waals surface area (Å²) in [6.07, 6.45) is -2.11. The summed E-state index contributed by atoms with van der Waals surface area (Å²) in [5.74, 6) is -2.63. The summed E-state index contributed by atoms with van der Waals surface area (Å²) in [7, 11) is 1.39. The molecule has 12 heteroatoms. The van der Waals surface area contributed by atoms with Crippen LogP contribution in [0.1, 0.15) is 51.2 Å². The number of aliphatic hydroxyl groups excluding tert-OH is 1. The molecule has 238 valence electrons. The Hall–Kier alpha value is -4.45. The molecule has 0 unspecified atom stereocenters. The molecule has 4 atom stereocenters. The van der Waals surface area contributed by atoms with Gasteiger partial charge in [-0.15, -0.1) is 0 Å². The Morgan fingerprint density at radius 3 is 2.16 bits per heavy atom. The highest BCUT2D eigenvalue weighted by Crippen LogP contribution is 2.23. The second-order valence-electron chi connectivity index (χ2n) is 11.6. The van der Waals surface area contributed by atoms with E-state index in [2.05, 4.69) is 16.0 Å². The molecule has 2 aromatic rings. The summed E-state index contributed by atoms with van der Waals surface area (Å²) < 4.78 is 10.7. The lowest BCUT2D eigenvalue weighted by Gasteiger charge is -2.32. The van der Waals surface area contributed by atoms with E-state index in [4.69, 9.17) is 9.47 Å². The van der Waals surface area contributed by atoms with Crippen molar-refractivity contribution in [3.05, 3.63) is 71.8 Å². The molecule has 0 aromatic heterocycles. The molecule has 0 bridgehead atoms. The van der Waals surface area contributed by atoms with E-state index in [1.807, 2.05) is 6.07 Å². The van der Waals surface area contributed by atoms with Gasteiger partial charge >= 0.3 is 12.1 Å². The number of aliphatic hydroxyl groups is 1. The first-order valence-electron chi connectivity index (χ1n) is 14.6. The van der Waals surface area contributed by atoms with E-state index in [1.165, 1.54) is 11.9 Å². The van der Waals surface area contributed by atoms with Crippen LogP contribution in [0.5, 0.6) is 0 Å². The number of likely N-dealkylation sites (tertiary alicyclic amines) is 1. The molecule has 12 nitrogen and oxygen atoms in total. The molecule has 0 spiro atoms. The number of carbonyl (C=O) groups excluding carboxylic acids is 5. The number of benzene rings is 2. The van der Waals surface area contributed by atoms with Gasteiger partial charge in [0.25, 0.3) is 5.91 Å². The predicted octanol–water partition coefficient (Wildman–Crippen LogP) is 1.84. The van der Waals surface area contributed by atoms with E-state index in [0.717, 1.165) is 5.56 Å². The second-order valence-corrected chi connectivity index (χ2v) is 11.6. The maximum Gasteiger partial charge on any atom is 0.408 e. The summed E-state index contributed by atoms with van der Waals surface area (Å²) in [6.45, 7) is 5.37. The van der Waals surface area contributed by atoms with Gasteiger partial charge in [0.1, 0.15) is 24.3 Å². The Morgan fingerprint density at radius 1 is 0.955 bits per heavy atom. The molecule has 2 aromatic carbocycles. The molecule has 0 radical (unpaired) electrons. The highest BCUT2D eigenvalue weighted by molar-refractivity contribution is 5.92. The van der Waals surface area contributed by atoms with Crippen LogP contribution in [-0.2, 0) is 41.7 Å². The van der Waals surface area contributed by atoms with Gasteiger partial charge in [-0.25, -0.2) is 9.59 Å². The number of hydrogen-bond donors (Lipinski definition) is 4. The largest absolute Gasteiger partial charge is 0.458 e. The van der Waals surface area contributed by atoms with Crippen LogP contribution in [0.2, 0.25) is 0 Å². The van der Waals surface area contributed by atoms with E-state index in [0.29, 0.717) is 18.4 Å². The molecule has 4 amide bonds. The van der Waals surface area contributed by atoms with Crippen LogP contribution in [-0.4, -0.2) is 83.2 Å². The molecule has 1 saturated heterocycles. The van der Waals surface area contributed by atoms with Crippen LogP contribution in [0, 0.1) is 0 Å². The van der Waals surface area contributed by atoms with Gasteiger partial charge in [-0.3, -0.25) is 14.4 Å². The lowest BCUT2D eigenvalue weighted by Crippen LogP contribution is -2.58. The topological polar surface area (TPSA) is 163 Å². The number of nitrogens with zero attached hydrogens (tertiary/aromatic N) is 1. The third kappa shape index (κ3) is 10.4. The van der Waals surface area contributed by atoms with Crippen LogP contribution >= 0.6 is 0 Å². The molecule has 1 aliphatic heterocycles. The van der Waals surface area contributed by atoms with Crippen molar-refractivity contribution in [1.82, 2.24) is 20.9 Å². The number of alkyl carbamates (subject to hydrolysis) is 1. The normalized spacial score (nSPS) is 16.7. The molecule has 1 fully saturated rings. The van der Waals surface area contributed by atoms with Crippen LogP contribution in [0.3, 0.4) is 0 Å². The van der Waals surface area contributed by atoms with E-state index in [9.17, 15) is 29.1 Å². The van der Waals surface area contributed by atoms with Crippen LogP contribution in [0.25, 0.3) is 0 Å². The first kappa shape index (κ1) is 34.0. The highest BCUT2D eigenvalue weighted by atomic mass is 16.6. The Bertz CT molecular complexity index is 1280. The van der Waals surface area contributed by atoms with Crippen molar-refractivity contribution in [2.45, 2.75) is 82.9 Å². The van der Waals surface area contributed by atoms with Gasteiger partial charge in [0.15, 0.2) is 6.10 Å². The average Bonchev–Trinajstić information content (AvgIpc) is 3.49. The SMILES string of the molecule is CNC(=O)C[C@H](NC(=O)OCc1ccccc1)C(=O)N[C@@H](Cc1ccccc1)[C@H](O)C(=O)N1CCC[C@H]1C(=O)OC(C)(C)C. The average molecular weight is 611 g/mol. The zero-order valence-electron chi connectivity index (χ0n) is 25.6. The highest BCUT2D eigenvalue weighted by Gasteiger charge is 2.41. The molecule has 4 N–H and O–H groups in total. The van der Waals surface area contributed by atoms with Crippen molar-refractivity contribution in [2.75, 3.05) is 13.6 Å². The van der Waals surface area contributed by atoms with Crippen molar-refractivity contribution in [2.24, 2.45) is 0 Å². The lowest BCUT2D eigenvalue weighted by molar-refractivity contribution is -0.165. The van der Waals surface area contributed by atoms with Crippen molar-refractivity contribution in [3.8, 4) is 0 Å². The van der Waals surface area contributed by atoms with Gasteiger partial charge in [0.2, 0.25) is 11.8 Å². The molecule has 3 rings (SSSR count). The molecular formula is C32H42N4O8. The minimum Gasteiger partial charge on any atom is -0.458 e. The number of rotatable bonds is 12. The van der Waals surface area contributed by atoms with Crippen molar-refractivity contribution in [3.63, 3.8) is 0 Å². The zero-order valence-corrected chi connectivity index (χ0v) is 25.6. The van der Waals surface area contributed by atoms with Crippen LogP contribution in [0.15, 0.2) is 60.7 Å². The Kier molecular flexibility index (Phi) is 12.3. The minimum absolute atomic E-state index is 0.0512. The summed E-state index contributed by atoms with van der Waals surface area (Å²) >= 11 is 0. The van der Waals surface area contributed by atoms with E-state index < -0.39 is 66.0 Å². The summed E-state index contributed by atoms with van der Waals surface area (Å²) in [6, 6.07) is 14.4. The monoisotopic (exact) mass is 610 g/mol. The quantitative estimate of drug-likeness (QED) is 0.265. The smallest absolute Gasteiger partial charge is 0.408 e. The van der Waals surface area contributed by atoms with Gasteiger partial charge in [0, 0.05) is 13.6 Å². The summed E-state index contributed by atoms with van der Waals surface area (Å²) in [4.78, 5) is 66.1. The number of hydrogen-bond acceptors (Lipinski definition) is 8. The van der Waals surface area contributed by atoms with Crippen LogP contribution < -0.4 is 16.0 Å². The Morgan fingerprint density at radius 2 is 1.57 bits per heavy atom. The van der Waals surface area contributed by atoms with Gasteiger partial charge in [-0.1, -0.05) is 60.7 Å². The van der Waals surface area contributed by atoms with E-state index >= 15 is 0 Å². The van der Waals surface area contributed by atoms with Crippen LogP contribution in [0.4, 0.5) is 4.79 Å². The summed E-state index contributed by atoms with van der Waals surface area (Å²) in [5.41, 5.74) is 0.685. The fourth-order valence-corrected chi connectivity index (χ4v) is 4.78. The van der Waals surface area contributed by atoms with E-state index in [1.54, 1.807) is 75.4 Å². The fraction of sp³-hybridized carbons (Fsp3) is 0.469. The minimum atomic E-state index is -1.74. The Labute approximate surface area is 257 Å².